The fraction of sp³-hybridized carbons (Fsp3) is 0.250. The molecule has 0 fully saturated rings. The van der Waals surface area contributed by atoms with E-state index in [1.54, 1.807) is 6.07 Å². The second kappa shape index (κ2) is 8.46. The van der Waals surface area contributed by atoms with Crippen LogP contribution >= 0.6 is 0 Å². The number of hydrogen-bond acceptors (Lipinski definition) is 4. The van der Waals surface area contributed by atoms with Crippen molar-refractivity contribution in [2.75, 3.05) is 32.1 Å². The number of benzene rings is 2. The van der Waals surface area contributed by atoms with Crippen LogP contribution in [-0.4, -0.2) is 37.6 Å². The van der Waals surface area contributed by atoms with Gasteiger partial charge in [0, 0.05) is 6.42 Å². The molecule has 0 radical (unpaired) electrons. The van der Waals surface area contributed by atoms with E-state index >= 15 is 0 Å². The fourth-order valence-electron chi connectivity index (χ4n) is 3.17. The molecule has 1 atom stereocenters. The van der Waals surface area contributed by atoms with Gasteiger partial charge in [-0.25, -0.2) is 0 Å². The first-order valence-corrected chi connectivity index (χ1v) is 8.77. The van der Waals surface area contributed by atoms with Gasteiger partial charge in [0.05, 0.1) is 31.2 Å². The second-order valence-electron chi connectivity index (χ2n) is 6.41. The quantitative estimate of drug-likeness (QED) is 0.602. The van der Waals surface area contributed by atoms with E-state index in [4.69, 9.17) is 4.74 Å². The molecule has 0 spiro atoms. The molecule has 0 aromatic heterocycles. The van der Waals surface area contributed by atoms with Crippen LogP contribution in [-0.2, 0) is 4.79 Å². The summed E-state index contributed by atoms with van der Waals surface area (Å²) in [5, 5.41) is 13.9. The van der Waals surface area contributed by atoms with Gasteiger partial charge in [-0.05, 0) is 29.3 Å². The molecule has 0 saturated heterocycles. The highest BCUT2D eigenvalue weighted by Crippen LogP contribution is 2.28. The Bertz CT molecular complexity index is 865. The summed E-state index contributed by atoms with van der Waals surface area (Å²) in [5.41, 5.74) is 2.52. The van der Waals surface area contributed by atoms with Gasteiger partial charge in [0.1, 0.15) is 11.4 Å². The molecule has 0 bridgehead atoms. The first-order chi connectivity index (χ1) is 13.1. The standard InChI is InChI=1S/C20H21N3O4/c1-27-17-7-8-18(19(13-17)23(25)26)21-20(24)14-22-11-9-16(10-12-22)15-5-3-2-4-6-15/h2-9,13H,10-12,14H2,1H3,(H,21,24)/p+1. The van der Waals surface area contributed by atoms with Crippen LogP contribution in [0, 0.1) is 10.1 Å². The number of nitrogens with one attached hydrogen (secondary N) is 2. The van der Waals surface area contributed by atoms with Crippen LogP contribution in [0.25, 0.3) is 5.57 Å². The van der Waals surface area contributed by atoms with Gasteiger partial charge in [0.15, 0.2) is 6.54 Å². The van der Waals surface area contributed by atoms with E-state index in [1.807, 2.05) is 18.2 Å². The predicted molar refractivity (Wildman–Crippen MR) is 103 cm³/mol. The Kier molecular flexibility index (Phi) is 5.83. The molecule has 2 aromatic rings. The van der Waals surface area contributed by atoms with Crippen molar-refractivity contribution in [2.24, 2.45) is 0 Å². The smallest absolute Gasteiger partial charge is 0.296 e. The molecule has 2 aromatic carbocycles. The number of methoxy groups -OCH3 is 1. The number of nitro benzene ring substituents is 1. The van der Waals surface area contributed by atoms with E-state index in [9.17, 15) is 14.9 Å². The summed E-state index contributed by atoms with van der Waals surface area (Å²) in [6, 6.07) is 14.6. The van der Waals surface area contributed by atoms with Crippen molar-refractivity contribution in [3.8, 4) is 5.75 Å². The Morgan fingerprint density at radius 1 is 1.26 bits per heavy atom. The van der Waals surface area contributed by atoms with E-state index in [2.05, 4.69) is 23.5 Å². The van der Waals surface area contributed by atoms with Crippen LogP contribution in [0.15, 0.2) is 54.6 Å². The Hall–Kier alpha value is -3.19. The average molecular weight is 368 g/mol. The van der Waals surface area contributed by atoms with Crippen molar-refractivity contribution >= 4 is 22.9 Å². The highest BCUT2D eigenvalue weighted by Gasteiger charge is 2.22. The average Bonchev–Trinajstić information content (AvgIpc) is 2.69. The minimum atomic E-state index is -0.527. The van der Waals surface area contributed by atoms with E-state index in [-0.39, 0.29) is 23.8 Å². The minimum absolute atomic E-state index is 0.178. The Labute approximate surface area is 157 Å². The molecule has 0 aliphatic carbocycles. The Balaban J connectivity index is 1.61. The zero-order valence-electron chi connectivity index (χ0n) is 15.1. The number of rotatable bonds is 6. The molecule has 1 heterocycles. The highest BCUT2D eigenvalue weighted by molar-refractivity contribution is 5.94. The van der Waals surface area contributed by atoms with Crippen LogP contribution < -0.4 is 15.0 Å². The van der Waals surface area contributed by atoms with E-state index < -0.39 is 4.92 Å². The summed E-state index contributed by atoms with van der Waals surface area (Å²) in [7, 11) is 1.44. The van der Waals surface area contributed by atoms with Gasteiger partial charge in [-0.3, -0.25) is 14.9 Å². The molecule has 1 unspecified atom stereocenters. The molecule has 140 valence electrons. The van der Waals surface area contributed by atoms with Crippen LogP contribution in [0.1, 0.15) is 12.0 Å². The monoisotopic (exact) mass is 368 g/mol. The van der Waals surface area contributed by atoms with Crippen LogP contribution in [0.4, 0.5) is 11.4 Å². The number of amides is 1. The Morgan fingerprint density at radius 3 is 2.67 bits per heavy atom. The summed E-state index contributed by atoms with van der Waals surface area (Å²) >= 11 is 0. The minimum Gasteiger partial charge on any atom is -0.496 e. The van der Waals surface area contributed by atoms with Gasteiger partial charge < -0.3 is 15.0 Å². The molecular formula is C20H22N3O4+. The molecule has 3 rings (SSSR count). The fourth-order valence-corrected chi connectivity index (χ4v) is 3.17. The lowest BCUT2D eigenvalue weighted by Crippen LogP contribution is -3.13. The molecule has 0 saturated carbocycles. The maximum Gasteiger partial charge on any atom is 0.296 e. The Morgan fingerprint density at radius 2 is 2.04 bits per heavy atom. The molecule has 1 amide bonds. The van der Waals surface area contributed by atoms with Crippen molar-refractivity contribution in [1.82, 2.24) is 0 Å². The van der Waals surface area contributed by atoms with Crippen molar-refractivity contribution in [3.05, 3.63) is 70.3 Å². The van der Waals surface area contributed by atoms with Gasteiger partial charge in [-0.1, -0.05) is 30.3 Å². The predicted octanol–water partition coefficient (Wildman–Crippen LogP) is 1.91. The molecule has 2 N–H and O–H groups in total. The van der Waals surface area contributed by atoms with Crippen LogP contribution in [0.3, 0.4) is 0 Å². The molecular weight excluding hydrogens is 346 g/mol. The number of nitrogens with zero attached hydrogens (tertiary/aromatic N) is 1. The number of anilines is 1. The molecule has 1 aliphatic heterocycles. The summed E-state index contributed by atoms with van der Waals surface area (Å²) in [6.45, 7) is 1.86. The number of nitro groups is 1. The van der Waals surface area contributed by atoms with E-state index in [0.29, 0.717) is 5.75 Å². The van der Waals surface area contributed by atoms with Gasteiger partial charge in [0.25, 0.3) is 11.6 Å². The highest BCUT2D eigenvalue weighted by atomic mass is 16.6. The maximum absolute atomic E-state index is 12.4. The second-order valence-corrected chi connectivity index (χ2v) is 6.41. The third kappa shape index (κ3) is 4.71. The largest absolute Gasteiger partial charge is 0.496 e. The van der Waals surface area contributed by atoms with Gasteiger partial charge >= 0.3 is 0 Å². The van der Waals surface area contributed by atoms with E-state index in [1.165, 1.54) is 30.4 Å². The lowest BCUT2D eigenvalue weighted by molar-refractivity contribution is -0.886. The normalized spacial score (nSPS) is 16.3. The number of ether oxygens (including phenoxy) is 1. The van der Waals surface area contributed by atoms with Crippen molar-refractivity contribution in [1.29, 1.82) is 0 Å². The zero-order chi connectivity index (χ0) is 19.2. The van der Waals surface area contributed by atoms with E-state index in [0.717, 1.165) is 24.4 Å². The molecule has 27 heavy (non-hydrogen) atoms. The van der Waals surface area contributed by atoms with Gasteiger partial charge in [-0.15, -0.1) is 0 Å². The number of carbonyl (C=O) groups excluding carboxylic acids is 1. The third-order valence-electron chi connectivity index (χ3n) is 4.62. The SMILES string of the molecule is COc1ccc(NC(=O)C[NH+]2CC=C(c3ccccc3)CC2)c([N+](=O)[O-])c1. The lowest BCUT2D eigenvalue weighted by Gasteiger charge is -2.23. The number of hydrogen-bond donors (Lipinski definition) is 2. The summed E-state index contributed by atoms with van der Waals surface area (Å²) in [5.74, 6) is 0.134. The first kappa shape index (κ1) is 18.6. The van der Waals surface area contributed by atoms with Crippen LogP contribution in [0.5, 0.6) is 5.75 Å². The molecule has 7 nitrogen and oxygen atoms in total. The van der Waals surface area contributed by atoms with Gasteiger partial charge in [-0.2, -0.15) is 0 Å². The molecule has 1 aliphatic rings. The van der Waals surface area contributed by atoms with Crippen molar-refractivity contribution < 1.29 is 19.4 Å². The first-order valence-electron chi connectivity index (χ1n) is 8.77. The van der Waals surface area contributed by atoms with Crippen molar-refractivity contribution in [3.63, 3.8) is 0 Å². The summed E-state index contributed by atoms with van der Waals surface area (Å²) in [4.78, 5) is 24.2. The topological polar surface area (TPSA) is 85.9 Å². The number of quaternary nitrogens is 1. The lowest BCUT2D eigenvalue weighted by atomic mass is 10.00. The molecule has 7 heteroatoms. The zero-order valence-corrected chi connectivity index (χ0v) is 15.1. The third-order valence-corrected chi connectivity index (χ3v) is 4.62. The van der Waals surface area contributed by atoms with Crippen LogP contribution in [0.2, 0.25) is 0 Å². The maximum atomic E-state index is 12.4. The summed E-state index contributed by atoms with van der Waals surface area (Å²) < 4.78 is 5.01. The summed E-state index contributed by atoms with van der Waals surface area (Å²) in [6.07, 6.45) is 3.06. The van der Waals surface area contributed by atoms with Gasteiger partial charge in [0.2, 0.25) is 0 Å². The van der Waals surface area contributed by atoms with Crippen molar-refractivity contribution in [2.45, 2.75) is 6.42 Å². The number of carbonyl (C=O) groups is 1.